The first kappa shape index (κ1) is 13.5. The van der Waals surface area contributed by atoms with Crippen molar-refractivity contribution in [1.29, 1.82) is 0 Å². The van der Waals surface area contributed by atoms with Gasteiger partial charge in [0.1, 0.15) is 0 Å². The van der Waals surface area contributed by atoms with Gasteiger partial charge in [-0.25, -0.2) is 0 Å². The molecular formula is C9H6F2O5P-. The van der Waals surface area contributed by atoms with Crippen molar-refractivity contribution in [2.24, 2.45) is 0 Å². The van der Waals surface area contributed by atoms with E-state index in [4.69, 9.17) is 9.79 Å². The smallest absolute Gasteiger partial charge is 0.356 e. The molecule has 1 rings (SSSR count). The highest BCUT2D eigenvalue weighted by atomic mass is 31.2. The Bertz CT molecular complexity index is 530. The third-order valence-corrected chi connectivity index (χ3v) is 2.90. The van der Waals surface area contributed by atoms with Gasteiger partial charge >= 0.3 is 7.60 Å². The summed E-state index contributed by atoms with van der Waals surface area (Å²) in [6, 6.07) is 4.13. The lowest BCUT2D eigenvalue weighted by Crippen LogP contribution is -2.26. The lowest BCUT2D eigenvalue weighted by atomic mass is 10.1. The van der Waals surface area contributed by atoms with Crippen LogP contribution < -0.4 is 10.4 Å². The van der Waals surface area contributed by atoms with Gasteiger partial charge in [0.25, 0.3) is 6.08 Å². The number of benzene rings is 1. The lowest BCUT2D eigenvalue weighted by molar-refractivity contribution is -0.295. The average Bonchev–Trinajstić information content (AvgIpc) is 2.15. The number of carbonyl (C=O) groups is 1. The summed E-state index contributed by atoms with van der Waals surface area (Å²) >= 11 is 0. The summed E-state index contributed by atoms with van der Waals surface area (Å²) in [7, 11) is -4.85. The first-order valence-corrected chi connectivity index (χ1v) is 5.78. The maximum absolute atomic E-state index is 12.4. The van der Waals surface area contributed by atoms with E-state index in [0.29, 0.717) is 0 Å². The second-order valence-electron chi connectivity index (χ2n) is 2.98. The molecule has 0 fully saturated rings. The molecule has 0 aromatic heterocycles. The Kier molecular flexibility index (Phi) is 3.77. The van der Waals surface area contributed by atoms with Gasteiger partial charge in [0.15, 0.2) is 0 Å². The Morgan fingerprint density at radius 1 is 1.24 bits per heavy atom. The van der Waals surface area contributed by atoms with Crippen LogP contribution in [0, 0.1) is 0 Å². The van der Waals surface area contributed by atoms with E-state index >= 15 is 0 Å². The SMILES string of the molecule is O=C([O-])C(=C(F)F)c1ccccc1P(=O)(O)O. The maximum atomic E-state index is 12.4. The molecule has 0 spiro atoms. The lowest BCUT2D eigenvalue weighted by Gasteiger charge is -2.13. The molecule has 5 nitrogen and oxygen atoms in total. The number of halogens is 2. The van der Waals surface area contributed by atoms with Gasteiger partial charge in [-0.05, 0) is 6.07 Å². The fourth-order valence-corrected chi connectivity index (χ4v) is 2.01. The first-order valence-electron chi connectivity index (χ1n) is 4.17. The van der Waals surface area contributed by atoms with Crippen LogP contribution in [0.2, 0.25) is 0 Å². The van der Waals surface area contributed by atoms with E-state index in [-0.39, 0.29) is 0 Å². The summed E-state index contributed by atoms with van der Waals surface area (Å²) in [6.07, 6.45) is -2.58. The number of hydrogen-bond donors (Lipinski definition) is 2. The number of hydrogen-bond acceptors (Lipinski definition) is 3. The van der Waals surface area contributed by atoms with Crippen molar-refractivity contribution in [2.75, 3.05) is 0 Å². The fraction of sp³-hybridized carbons (Fsp3) is 0. The van der Waals surface area contributed by atoms with E-state index in [1.807, 2.05) is 0 Å². The van der Waals surface area contributed by atoms with Crippen molar-refractivity contribution in [3.63, 3.8) is 0 Å². The number of carboxylic acids is 1. The highest BCUT2D eigenvalue weighted by Crippen LogP contribution is 2.37. The summed E-state index contributed by atoms with van der Waals surface area (Å²) in [5.74, 6) is -2.20. The predicted octanol–water partition coefficient (Wildman–Crippen LogP) is -0.153. The van der Waals surface area contributed by atoms with E-state index in [0.717, 1.165) is 12.1 Å². The summed E-state index contributed by atoms with van der Waals surface area (Å²) < 4.78 is 35.8. The van der Waals surface area contributed by atoms with E-state index in [1.54, 1.807) is 0 Å². The van der Waals surface area contributed by atoms with Crippen LogP contribution >= 0.6 is 7.60 Å². The van der Waals surface area contributed by atoms with E-state index < -0.39 is 36.1 Å². The molecule has 1 aromatic rings. The quantitative estimate of drug-likeness (QED) is 0.583. The molecule has 1 aromatic carbocycles. The average molecular weight is 263 g/mol. The van der Waals surface area contributed by atoms with E-state index in [9.17, 15) is 23.2 Å². The first-order chi connectivity index (χ1) is 7.75. The predicted molar refractivity (Wildman–Crippen MR) is 52.3 cm³/mol. The summed E-state index contributed by atoms with van der Waals surface area (Å²) in [5, 5.41) is 9.73. The third kappa shape index (κ3) is 2.97. The molecule has 0 radical (unpaired) electrons. The highest BCUT2D eigenvalue weighted by Gasteiger charge is 2.25. The van der Waals surface area contributed by atoms with Gasteiger partial charge in [0.05, 0.1) is 16.8 Å². The molecule has 17 heavy (non-hydrogen) atoms. The standard InChI is InChI=1S/C9H7F2O5P/c10-8(11)7(9(12)13)5-3-1-2-4-6(5)17(14,15)16/h1-4H,(H,12,13)(H2,14,15,16)/p-1. The minimum absolute atomic E-state index is 0.749. The Hall–Kier alpha value is -1.56. The van der Waals surface area contributed by atoms with Crippen LogP contribution in [-0.2, 0) is 9.36 Å². The van der Waals surface area contributed by atoms with Gasteiger partial charge < -0.3 is 19.7 Å². The van der Waals surface area contributed by atoms with Gasteiger partial charge in [-0.15, -0.1) is 0 Å². The fourth-order valence-electron chi connectivity index (χ4n) is 1.23. The van der Waals surface area contributed by atoms with Crippen molar-refractivity contribution in [1.82, 2.24) is 0 Å². The largest absolute Gasteiger partial charge is 0.545 e. The van der Waals surface area contributed by atoms with Crippen LogP contribution in [0.4, 0.5) is 8.78 Å². The molecule has 0 atom stereocenters. The topological polar surface area (TPSA) is 97.7 Å². The number of aliphatic carboxylic acids is 1. The summed E-state index contributed by atoms with van der Waals surface area (Å²) in [6.45, 7) is 0. The molecule has 0 aliphatic heterocycles. The molecule has 0 heterocycles. The molecule has 0 saturated carbocycles. The minimum atomic E-state index is -4.85. The summed E-state index contributed by atoms with van der Waals surface area (Å²) in [4.78, 5) is 28.3. The van der Waals surface area contributed by atoms with E-state index in [2.05, 4.69) is 0 Å². The van der Waals surface area contributed by atoms with Crippen molar-refractivity contribution in [3.05, 3.63) is 35.9 Å². The Morgan fingerprint density at radius 3 is 2.18 bits per heavy atom. The van der Waals surface area contributed by atoms with Crippen LogP contribution in [0.15, 0.2) is 30.3 Å². The highest BCUT2D eigenvalue weighted by molar-refractivity contribution is 7.60. The van der Waals surface area contributed by atoms with Crippen molar-refractivity contribution < 1.29 is 33.0 Å². The number of carbonyl (C=O) groups excluding carboxylic acids is 1. The van der Waals surface area contributed by atoms with Crippen LogP contribution in [0.25, 0.3) is 5.57 Å². The van der Waals surface area contributed by atoms with Gasteiger partial charge in [-0.2, -0.15) is 8.78 Å². The zero-order valence-corrected chi connectivity index (χ0v) is 9.03. The Balaban J connectivity index is 3.58. The Morgan fingerprint density at radius 2 is 1.76 bits per heavy atom. The van der Waals surface area contributed by atoms with Crippen LogP contribution in [0.3, 0.4) is 0 Å². The number of rotatable bonds is 3. The van der Waals surface area contributed by atoms with Crippen molar-refractivity contribution in [2.45, 2.75) is 0 Å². The minimum Gasteiger partial charge on any atom is -0.545 e. The van der Waals surface area contributed by atoms with Crippen molar-refractivity contribution >= 4 is 24.4 Å². The van der Waals surface area contributed by atoms with Gasteiger partial charge in [-0.1, -0.05) is 18.2 Å². The molecule has 8 heteroatoms. The normalized spacial score (nSPS) is 11.1. The molecule has 0 aliphatic rings. The number of carboxylic acid groups (broad SMARTS) is 1. The maximum Gasteiger partial charge on any atom is 0.356 e. The monoisotopic (exact) mass is 263 g/mol. The molecular weight excluding hydrogens is 257 g/mol. The van der Waals surface area contributed by atoms with Gasteiger partial charge in [-0.3, -0.25) is 4.57 Å². The second-order valence-corrected chi connectivity index (χ2v) is 4.55. The molecule has 0 amide bonds. The van der Waals surface area contributed by atoms with Crippen LogP contribution in [0.5, 0.6) is 0 Å². The van der Waals surface area contributed by atoms with E-state index in [1.165, 1.54) is 12.1 Å². The van der Waals surface area contributed by atoms with Gasteiger partial charge in [0, 0.05) is 5.56 Å². The Labute approximate surface area is 94.2 Å². The third-order valence-electron chi connectivity index (χ3n) is 1.88. The molecule has 0 aliphatic carbocycles. The molecule has 92 valence electrons. The molecule has 0 saturated heterocycles. The molecule has 2 N–H and O–H groups in total. The van der Waals surface area contributed by atoms with Crippen LogP contribution in [-0.4, -0.2) is 15.8 Å². The zero-order valence-electron chi connectivity index (χ0n) is 8.13. The molecule has 0 bridgehead atoms. The van der Waals surface area contributed by atoms with Crippen molar-refractivity contribution in [3.8, 4) is 0 Å². The molecule has 0 unspecified atom stereocenters. The van der Waals surface area contributed by atoms with Crippen LogP contribution in [0.1, 0.15) is 5.56 Å². The van der Waals surface area contributed by atoms with Gasteiger partial charge in [0.2, 0.25) is 0 Å². The zero-order chi connectivity index (χ0) is 13.2. The second kappa shape index (κ2) is 4.75. The summed E-state index contributed by atoms with van der Waals surface area (Å²) in [5.41, 5.74) is -2.27.